The molecule has 1 aromatic carbocycles. The van der Waals surface area contributed by atoms with Crippen molar-refractivity contribution >= 4 is 22.6 Å². The van der Waals surface area contributed by atoms with Crippen LogP contribution in [0, 0.1) is 15.4 Å². The van der Waals surface area contributed by atoms with Crippen LogP contribution < -0.4 is 0 Å². The van der Waals surface area contributed by atoms with Crippen LogP contribution in [0.2, 0.25) is 0 Å². The zero-order valence-corrected chi connectivity index (χ0v) is 17.0. The molecule has 3 rings (SSSR count). The topological polar surface area (TPSA) is 17.8 Å². The van der Waals surface area contributed by atoms with Crippen LogP contribution in [-0.4, -0.2) is 9.78 Å². The average molecular weight is 422 g/mol. The van der Waals surface area contributed by atoms with Crippen molar-refractivity contribution in [3.05, 3.63) is 44.8 Å². The molecule has 0 saturated heterocycles. The lowest BCUT2D eigenvalue weighted by Crippen LogP contribution is -2.22. The Hall–Kier alpha value is -0.840. The first kappa shape index (κ1) is 17.0. The lowest BCUT2D eigenvalue weighted by atomic mass is 9.77. The van der Waals surface area contributed by atoms with Crippen molar-refractivity contribution in [2.24, 2.45) is 11.8 Å². The van der Waals surface area contributed by atoms with Gasteiger partial charge in [-0.25, -0.2) is 4.68 Å². The third-order valence-corrected chi connectivity index (χ3v) is 5.75. The fourth-order valence-corrected chi connectivity index (χ4v) is 3.96. The summed E-state index contributed by atoms with van der Waals surface area (Å²) in [5, 5.41) is 5.07. The number of halogens is 1. The van der Waals surface area contributed by atoms with Crippen LogP contribution in [0.1, 0.15) is 58.0 Å². The first-order valence-electron chi connectivity index (χ1n) is 8.64. The van der Waals surface area contributed by atoms with E-state index in [2.05, 4.69) is 86.2 Å². The van der Waals surface area contributed by atoms with Crippen LogP contribution in [-0.2, 0) is 18.3 Å². The molecule has 2 nitrogen and oxygen atoms in total. The highest BCUT2D eigenvalue weighted by molar-refractivity contribution is 14.1. The van der Waals surface area contributed by atoms with Crippen molar-refractivity contribution in [1.29, 1.82) is 0 Å². The summed E-state index contributed by atoms with van der Waals surface area (Å²) < 4.78 is 3.49. The molecule has 3 heteroatoms. The molecule has 1 aromatic heterocycles. The van der Waals surface area contributed by atoms with E-state index in [-0.39, 0.29) is 5.41 Å². The van der Waals surface area contributed by atoms with E-state index in [9.17, 15) is 0 Å². The maximum absolute atomic E-state index is 5.07. The van der Waals surface area contributed by atoms with Crippen LogP contribution in [0.3, 0.4) is 0 Å². The quantitative estimate of drug-likeness (QED) is 0.582. The van der Waals surface area contributed by atoms with E-state index in [4.69, 9.17) is 5.10 Å². The van der Waals surface area contributed by atoms with Gasteiger partial charge in [0, 0.05) is 14.7 Å². The minimum absolute atomic E-state index is 0.100. The Morgan fingerprint density at radius 2 is 1.83 bits per heavy atom. The third-order valence-electron chi connectivity index (χ3n) is 5.03. The Balaban J connectivity index is 2.12. The SMILES string of the molecule is CC(C)C1CCc2c(C(C)(C)C)nn(-c3ccc(I)cc3)c2C1. The lowest BCUT2D eigenvalue weighted by Gasteiger charge is -2.27. The second-order valence-electron chi connectivity index (χ2n) is 8.16. The Kier molecular flexibility index (Phi) is 4.60. The summed E-state index contributed by atoms with van der Waals surface area (Å²) in [4.78, 5) is 0. The van der Waals surface area contributed by atoms with E-state index in [1.165, 1.54) is 39.1 Å². The minimum atomic E-state index is 0.100. The van der Waals surface area contributed by atoms with Gasteiger partial charge in [0.15, 0.2) is 0 Å². The number of fused-ring (bicyclic) bond motifs is 1. The van der Waals surface area contributed by atoms with Crippen LogP contribution >= 0.6 is 22.6 Å². The molecular weight excluding hydrogens is 395 g/mol. The zero-order chi connectivity index (χ0) is 16.8. The molecular formula is C20H27IN2. The average Bonchev–Trinajstić information content (AvgIpc) is 2.86. The van der Waals surface area contributed by atoms with Gasteiger partial charge in [0.2, 0.25) is 0 Å². The van der Waals surface area contributed by atoms with E-state index in [1.807, 2.05) is 0 Å². The van der Waals surface area contributed by atoms with Gasteiger partial charge in [0.05, 0.1) is 11.4 Å². The van der Waals surface area contributed by atoms with E-state index >= 15 is 0 Å². The maximum atomic E-state index is 5.07. The van der Waals surface area contributed by atoms with E-state index < -0.39 is 0 Å². The number of rotatable bonds is 2. The van der Waals surface area contributed by atoms with Crippen LogP contribution in [0.5, 0.6) is 0 Å². The van der Waals surface area contributed by atoms with E-state index in [0.717, 1.165) is 18.3 Å². The Bertz CT molecular complexity index is 690. The maximum Gasteiger partial charge on any atom is 0.0717 e. The third kappa shape index (κ3) is 3.35. The Morgan fingerprint density at radius 3 is 2.39 bits per heavy atom. The standard InChI is InChI=1S/C20H27IN2/c1-13(2)14-6-11-17-18(12-14)23(22-19(17)20(3,4)5)16-9-7-15(21)8-10-16/h7-10,13-14H,6,11-12H2,1-5H3. The van der Waals surface area contributed by atoms with Crippen LogP contribution in [0.4, 0.5) is 0 Å². The Morgan fingerprint density at radius 1 is 1.17 bits per heavy atom. The highest BCUT2D eigenvalue weighted by Gasteiger charge is 2.32. The van der Waals surface area contributed by atoms with Gasteiger partial charge < -0.3 is 0 Å². The normalized spacial score (nSPS) is 18.3. The fraction of sp³-hybridized carbons (Fsp3) is 0.550. The van der Waals surface area contributed by atoms with E-state index in [1.54, 1.807) is 0 Å². The molecule has 0 radical (unpaired) electrons. The summed E-state index contributed by atoms with van der Waals surface area (Å²) >= 11 is 2.36. The van der Waals surface area contributed by atoms with Gasteiger partial charge in [0.25, 0.3) is 0 Å². The lowest BCUT2D eigenvalue weighted by molar-refractivity contribution is 0.336. The van der Waals surface area contributed by atoms with Gasteiger partial charge in [-0.05, 0) is 83.5 Å². The predicted molar refractivity (Wildman–Crippen MR) is 105 cm³/mol. The van der Waals surface area contributed by atoms with Crippen molar-refractivity contribution in [3.63, 3.8) is 0 Å². The van der Waals surface area contributed by atoms with Crippen molar-refractivity contribution in [1.82, 2.24) is 9.78 Å². The molecule has 23 heavy (non-hydrogen) atoms. The van der Waals surface area contributed by atoms with Crippen molar-refractivity contribution in [2.45, 2.75) is 59.3 Å². The van der Waals surface area contributed by atoms with Gasteiger partial charge in [-0.15, -0.1) is 0 Å². The smallest absolute Gasteiger partial charge is 0.0717 e. The highest BCUT2D eigenvalue weighted by atomic mass is 127. The fourth-order valence-electron chi connectivity index (χ4n) is 3.61. The number of hydrogen-bond acceptors (Lipinski definition) is 1. The first-order chi connectivity index (χ1) is 10.8. The van der Waals surface area contributed by atoms with Crippen molar-refractivity contribution < 1.29 is 0 Å². The highest BCUT2D eigenvalue weighted by Crippen LogP contribution is 2.37. The largest absolute Gasteiger partial charge is 0.237 e. The number of nitrogens with zero attached hydrogens (tertiary/aromatic N) is 2. The van der Waals surface area contributed by atoms with Gasteiger partial charge in [0.1, 0.15) is 0 Å². The second-order valence-corrected chi connectivity index (χ2v) is 9.40. The molecule has 0 N–H and O–H groups in total. The van der Waals surface area contributed by atoms with Gasteiger partial charge in [-0.1, -0.05) is 34.6 Å². The molecule has 0 spiro atoms. The molecule has 2 aromatic rings. The Labute approximate surface area is 153 Å². The molecule has 0 bridgehead atoms. The molecule has 1 aliphatic carbocycles. The van der Waals surface area contributed by atoms with E-state index in [0.29, 0.717) is 0 Å². The second kappa shape index (κ2) is 6.23. The zero-order valence-electron chi connectivity index (χ0n) is 14.9. The molecule has 1 unspecified atom stereocenters. The molecule has 0 saturated carbocycles. The summed E-state index contributed by atoms with van der Waals surface area (Å²) in [6, 6.07) is 8.73. The first-order valence-corrected chi connectivity index (χ1v) is 9.72. The molecule has 124 valence electrons. The minimum Gasteiger partial charge on any atom is -0.237 e. The number of aromatic nitrogens is 2. The van der Waals surface area contributed by atoms with Gasteiger partial charge in [-0.2, -0.15) is 5.10 Å². The number of hydrogen-bond donors (Lipinski definition) is 0. The summed E-state index contributed by atoms with van der Waals surface area (Å²) in [5.74, 6) is 1.51. The molecule has 0 fully saturated rings. The number of benzene rings is 1. The summed E-state index contributed by atoms with van der Waals surface area (Å²) in [6.45, 7) is 11.5. The van der Waals surface area contributed by atoms with Crippen molar-refractivity contribution in [2.75, 3.05) is 0 Å². The molecule has 0 aliphatic heterocycles. The molecule has 1 atom stereocenters. The van der Waals surface area contributed by atoms with Crippen LogP contribution in [0.15, 0.2) is 24.3 Å². The molecule has 0 amide bonds. The van der Waals surface area contributed by atoms with Gasteiger partial charge in [-0.3, -0.25) is 0 Å². The van der Waals surface area contributed by atoms with Gasteiger partial charge >= 0.3 is 0 Å². The summed E-state index contributed by atoms with van der Waals surface area (Å²) in [6.07, 6.45) is 3.63. The predicted octanol–water partition coefficient (Wildman–Crippen LogP) is 5.54. The monoisotopic (exact) mass is 422 g/mol. The summed E-state index contributed by atoms with van der Waals surface area (Å²) in [5.41, 5.74) is 5.53. The summed E-state index contributed by atoms with van der Waals surface area (Å²) in [7, 11) is 0. The van der Waals surface area contributed by atoms with Crippen LogP contribution in [0.25, 0.3) is 5.69 Å². The molecule has 1 heterocycles. The molecule has 1 aliphatic rings. The van der Waals surface area contributed by atoms with Crippen molar-refractivity contribution in [3.8, 4) is 5.69 Å².